The number of hydrogen-bond donors (Lipinski definition) is 1. The van der Waals surface area contributed by atoms with Gasteiger partial charge in [0.1, 0.15) is 16.4 Å². The van der Waals surface area contributed by atoms with Crippen molar-refractivity contribution in [2.45, 2.75) is 10.8 Å². The van der Waals surface area contributed by atoms with Crippen molar-refractivity contribution in [3.05, 3.63) is 58.4 Å². The molecule has 0 fully saturated rings. The second kappa shape index (κ2) is 6.26. The first-order chi connectivity index (χ1) is 10.9. The standard InChI is InChI=1S/C13H10ClFN4O2S2/c14-11-5-6-12(22-11)23(20,21)18-13-16-8-19(17-13)7-9-1-3-10(15)4-2-9/h1-6,8H,7H2,(H,17,18). The molecule has 0 spiro atoms. The van der Waals surface area contributed by atoms with Crippen LogP contribution in [0.25, 0.3) is 0 Å². The molecule has 23 heavy (non-hydrogen) atoms. The molecule has 0 saturated carbocycles. The number of aromatic nitrogens is 3. The molecule has 0 aliphatic rings. The lowest BCUT2D eigenvalue weighted by molar-refractivity contribution is 0.602. The van der Waals surface area contributed by atoms with E-state index in [9.17, 15) is 12.8 Å². The van der Waals surface area contributed by atoms with E-state index in [1.54, 1.807) is 12.1 Å². The Balaban J connectivity index is 1.73. The SMILES string of the molecule is O=S(=O)(Nc1ncn(Cc2ccc(F)cc2)n1)c1ccc(Cl)s1. The molecule has 0 aliphatic carbocycles. The van der Waals surface area contributed by atoms with Crippen molar-refractivity contribution in [1.82, 2.24) is 14.8 Å². The molecule has 1 aromatic carbocycles. The monoisotopic (exact) mass is 372 g/mol. The molecule has 0 atom stereocenters. The lowest BCUT2D eigenvalue weighted by Crippen LogP contribution is -2.13. The van der Waals surface area contributed by atoms with Crippen molar-refractivity contribution < 1.29 is 12.8 Å². The number of rotatable bonds is 5. The summed E-state index contributed by atoms with van der Waals surface area (Å²) in [6, 6.07) is 8.84. The van der Waals surface area contributed by atoms with Gasteiger partial charge in [-0.15, -0.1) is 16.4 Å². The molecule has 0 saturated heterocycles. The summed E-state index contributed by atoms with van der Waals surface area (Å²) in [4.78, 5) is 3.91. The predicted octanol–water partition coefficient (Wildman–Crippen LogP) is 2.98. The first kappa shape index (κ1) is 15.9. The van der Waals surface area contributed by atoms with Crippen LogP contribution in [0.1, 0.15) is 5.56 Å². The first-order valence-corrected chi connectivity index (χ1v) is 9.02. The number of nitrogens with zero attached hydrogens (tertiary/aromatic N) is 3. The number of hydrogen-bond acceptors (Lipinski definition) is 5. The summed E-state index contributed by atoms with van der Waals surface area (Å²) in [6.45, 7) is 0.347. The summed E-state index contributed by atoms with van der Waals surface area (Å²) in [5.41, 5.74) is 0.816. The third-order valence-corrected chi connectivity index (χ3v) is 5.88. The molecule has 2 aromatic heterocycles. The molecular formula is C13H10ClFN4O2S2. The van der Waals surface area contributed by atoms with Gasteiger partial charge in [-0.2, -0.15) is 4.98 Å². The van der Waals surface area contributed by atoms with E-state index in [4.69, 9.17) is 11.6 Å². The van der Waals surface area contributed by atoms with Gasteiger partial charge in [0.25, 0.3) is 16.0 Å². The zero-order valence-corrected chi connectivity index (χ0v) is 13.9. The van der Waals surface area contributed by atoms with Gasteiger partial charge >= 0.3 is 0 Å². The first-order valence-electron chi connectivity index (χ1n) is 6.34. The predicted molar refractivity (Wildman–Crippen MR) is 85.7 cm³/mol. The van der Waals surface area contributed by atoms with Gasteiger partial charge in [0.05, 0.1) is 10.9 Å². The van der Waals surface area contributed by atoms with Crippen LogP contribution in [0.4, 0.5) is 10.3 Å². The molecule has 6 nitrogen and oxygen atoms in total. The number of benzene rings is 1. The number of sulfonamides is 1. The minimum atomic E-state index is -3.76. The highest BCUT2D eigenvalue weighted by atomic mass is 35.5. The Morgan fingerprint density at radius 3 is 2.61 bits per heavy atom. The zero-order chi connectivity index (χ0) is 16.4. The van der Waals surface area contributed by atoms with Crippen LogP contribution >= 0.6 is 22.9 Å². The molecule has 3 rings (SSSR count). The molecule has 1 N–H and O–H groups in total. The Morgan fingerprint density at radius 1 is 1.22 bits per heavy atom. The highest BCUT2D eigenvalue weighted by Crippen LogP contribution is 2.26. The van der Waals surface area contributed by atoms with Gasteiger partial charge < -0.3 is 0 Å². The maximum atomic E-state index is 12.9. The van der Waals surface area contributed by atoms with Gasteiger partial charge in [0.2, 0.25) is 0 Å². The lowest BCUT2D eigenvalue weighted by atomic mass is 10.2. The summed E-state index contributed by atoms with van der Waals surface area (Å²) in [5, 5.41) is 4.04. The summed E-state index contributed by atoms with van der Waals surface area (Å²) >= 11 is 6.68. The van der Waals surface area contributed by atoms with E-state index >= 15 is 0 Å². The van der Waals surface area contributed by atoms with Gasteiger partial charge in [-0.05, 0) is 29.8 Å². The van der Waals surface area contributed by atoms with Gasteiger partial charge in [0, 0.05) is 0 Å². The Kier molecular flexibility index (Phi) is 4.33. The third-order valence-electron chi connectivity index (χ3n) is 2.83. The van der Waals surface area contributed by atoms with E-state index < -0.39 is 10.0 Å². The van der Waals surface area contributed by atoms with Crippen LogP contribution in [-0.2, 0) is 16.6 Å². The van der Waals surface area contributed by atoms with E-state index in [1.807, 2.05) is 0 Å². The Morgan fingerprint density at radius 2 is 1.96 bits per heavy atom. The topological polar surface area (TPSA) is 76.9 Å². The molecule has 0 bridgehead atoms. The summed E-state index contributed by atoms with van der Waals surface area (Å²) in [6.07, 6.45) is 1.39. The van der Waals surface area contributed by atoms with Crippen molar-refractivity contribution in [1.29, 1.82) is 0 Å². The minimum Gasteiger partial charge on any atom is -0.246 e. The Bertz CT molecular complexity index is 922. The molecule has 2 heterocycles. The van der Waals surface area contributed by atoms with Crippen LogP contribution in [0.2, 0.25) is 4.34 Å². The second-order valence-electron chi connectivity index (χ2n) is 4.56. The van der Waals surface area contributed by atoms with Crippen molar-refractivity contribution in [3.8, 4) is 0 Å². The normalized spacial score (nSPS) is 11.6. The van der Waals surface area contributed by atoms with E-state index in [0.29, 0.717) is 10.9 Å². The molecule has 0 radical (unpaired) electrons. The fourth-order valence-corrected chi connectivity index (χ4v) is 4.24. The zero-order valence-electron chi connectivity index (χ0n) is 11.5. The number of halogens is 2. The van der Waals surface area contributed by atoms with Gasteiger partial charge in [-0.3, -0.25) is 0 Å². The summed E-state index contributed by atoms with van der Waals surface area (Å²) < 4.78 is 41.3. The number of anilines is 1. The van der Waals surface area contributed by atoms with Crippen LogP contribution in [0.15, 0.2) is 46.9 Å². The highest BCUT2D eigenvalue weighted by molar-refractivity contribution is 7.94. The third kappa shape index (κ3) is 3.87. The fraction of sp³-hybridized carbons (Fsp3) is 0.0769. The van der Waals surface area contributed by atoms with Crippen molar-refractivity contribution >= 4 is 38.9 Å². The van der Waals surface area contributed by atoms with Crippen LogP contribution in [-0.4, -0.2) is 23.2 Å². The highest BCUT2D eigenvalue weighted by Gasteiger charge is 2.18. The molecule has 0 unspecified atom stereocenters. The largest absolute Gasteiger partial charge is 0.273 e. The Hall–Kier alpha value is -1.97. The smallest absolute Gasteiger partial charge is 0.246 e. The van der Waals surface area contributed by atoms with Crippen molar-refractivity contribution in [2.24, 2.45) is 0 Å². The number of nitrogens with one attached hydrogen (secondary N) is 1. The minimum absolute atomic E-state index is 0.0448. The molecule has 10 heteroatoms. The molecule has 3 aromatic rings. The molecule has 0 aliphatic heterocycles. The van der Waals surface area contributed by atoms with Gasteiger partial charge in [0.15, 0.2) is 0 Å². The van der Waals surface area contributed by atoms with Gasteiger partial charge in [-0.25, -0.2) is 22.2 Å². The quantitative estimate of drug-likeness (QED) is 0.747. The van der Waals surface area contributed by atoms with Gasteiger partial charge in [-0.1, -0.05) is 23.7 Å². The number of thiophene rings is 1. The van der Waals surface area contributed by atoms with Crippen molar-refractivity contribution in [2.75, 3.05) is 4.72 Å². The molecule has 0 amide bonds. The lowest BCUT2D eigenvalue weighted by Gasteiger charge is -2.02. The van der Waals surface area contributed by atoms with Crippen LogP contribution < -0.4 is 4.72 Å². The Labute approximate surface area is 140 Å². The van der Waals surface area contributed by atoms with Crippen LogP contribution in [0.3, 0.4) is 0 Å². The van der Waals surface area contributed by atoms with E-state index in [1.165, 1.54) is 35.3 Å². The van der Waals surface area contributed by atoms with E-state index in [2.05, 4.69) is 14.8 Å². The van der Waals surface area contributed by atoms with Crippen LogP contribution in [0.5, 0.6) is 0 Å². The fourth-order valence-electron chi connectivity index (χ4n) is 1.81. The second-order valence-corrected chi connectivity index (χ2v) is 8.18. The summed E-state index contributed by atoms with van der Waals surface area (Å²) in [7, 11) is -3.76. The average molecular weight is 373 g/mol. The molecule has 120 valence electrons. The van der Waals surface area contributed by atoms with Crippen molar-refractivity contribution in [3.63, 3.8) is 0 Å². The maximum absolute atomic E-state index is 12.9. The maximum Gasteiger partial charge on any atom is 0.273 e. The summed E-state index contributed by atoms with van der Waals surface area (Å²) in [5.74, 6) is -0.368. The molecular weight excluding hydrogens is 363 g/mol. The average Bonchev–Trinajstić information content (AvgIpc) is 3.11. The van der Waals surface area contributed by atoms with Crippen LogP contribution in [0, 0.1) is 5.82 Å². The van der Waals surface area contributed by atoms with E-state index in [0.717, 1.165) is 16.9 Å². The van der Waals surface area contributed by atoms with E-state index in [-0.39, 0.29) is 16.0 Å².